The second-order valence-electron chi connectivity index (χ2n) is 11.0. The molecule has 0 spiro atoms. The highest BCUT2D eigenvalue weighted by molar-refractivity contribution is 5.96. The third-order valence-electron chi connectivity index (χ3n) is 7.32. The van der Waals surface area contributed by atoms with E-state index in [-0.39, 0.29) is 55.3 Å². The summed E-state index contributed by atoms with van der Waals surface area (Å²) in [6.07, 6.45) is 5.21. The van der Waals surface area contributed by atoms with Crippen LogP contribution in [0.25, 0.3) is 5.57 Å². The number of anilines is 1. The highest BCUT2D eigenvalue weighted by Crippen LogP contribution is 2.27. The molecule has 3 aliphatic heterocycles. The zero-order chi connectivity index (χ0) is 31.7. The van der Waals surface area contributed by atoms with Gasteiger partial charge in [-0.3, -0.25) is 19.3 Å². The Morgan fingerprint density at radius 1 is 1.27 bits per heavy atom. The van der Waals surface area contributed by atoms with E-state index in [9.17, 15) is 28.7 Å². The van der Waals surface area contributed by atoms with Crippen molar-refractivity contribution < 1.29 is 23.9 Å². The van der Waals surface area contributed by atoms with Crippen molar-refractivity contribution in [3.63, 3.8) is 0 Å². The molecular formula is C29H32FN9O5. The molecule has 4 amide bonds. The Balaban J connectivity index is 1.30. The number of carbonyl (C=O) groups is 3. The largest absolute Gasteiger partial charge is 0.503 e. The SMILES string of the molecule is C=C(C)CN(Cc1cc(=O)c(O)c2n1CCN(C(C)C)C2=O)C(=O)CCNc1nc(C2=CN3C(=O)N=NC3C=C2)ncc1F. The number of carbonyl (C=O) groups excluding carboxylic acids is 3. The first-order valence-corrected chi connectivity index (χ1v) is 14.0. The molecule has 0 bridgehead atoms. The lowest BCUT2D eigenvalue weighted by atomic mass is 10.1. The molecule has 0 saturated carbocycles. The van der Waals surface area contributed by atoms with E-state index in [0.29, 0.717) is 29.9 Å². The second kappa shape index (κ2) is 12.2. The second-order valence-corrected chi connectivity index (χ2v) is 11.0. The molecule has 44 heavy (non-hydrogen) atoms. The summed E-state index contributed by atoms with van der Waals surface area (Å²) in [5.41, 5.74) is 0.745. The summed E-state index contributed by atoms with van der Waals surface area (Å²) in [6, 6.07) is 0.584. The lowest BCUT2D eigenvalue weighted by Gasteiger charge is -2.35. The van der Waals surface area contributed by atoms with Crippen LogP contribution in [0.2, 0.25) is 0 Å². The predicted octanol–water partition coefficient (Wildman–Crippen LogP) is 2.88. The van der Waals surface area contributed by atoms with Crippen LogP contribution in [0.4, 0.5) is 15.0 Å². The molecule has 1 unspecified atom stereocenters. The molecule has 15 heteroatoms. The van der Waals surface area contributed by atoms with Crippen LogP contribution in [0.15, 0.2) is 57.8 Å². The maximum atomic E-state index is 14.6. The van der Waals surface area contributed by atoms with Gasteiger partial charge in [0.1, 0.15) is 0 Å². The van der Waals surface area contributed by atoms with E-state index < -0.39 is 35.1 Å². The number of aromatic hydroxyl groups is 1. The van der Waals surface area contributed by atoms with Gasteiger partial charge in [0.25, 0.3) is 5.91 Å². The van der Waals surface area contributed by atoms with Crippen LogP contribution in [0.3, 0.4) is 0 Å². The average Bonchev–Trinajstić information content (AvgIpc) is 3.35. The number of nitrogens with zero attached hydrogens (tertiary/aromatic N) is 8. The Bertz CT molecular complexity index is 1700. The molecule has 3 aliphatic rings. The molecule has 5 rings (SSSR count). The van der Waals surface area contributed by atoms with Crippen LogP contribution in [0, 0.1) is 5.82 Å². The number of azo groups is 1. The first-order chi connectivity index (χ1) is 20.9. The third-order valence-corrected chi connectivity index (χ3v) is 7.32. The Morgan fingerprint density at radius 3 is 2.77 bits per heavy atom. The summed E-state index contributed by atoms with van der Waals surface area (Å²) in [5, 5.41) is 20.6. The Labute approximate surface area is 251 Å². The zero-order valence-corrected chi connectivity index (χ0v) is 24.5. The number of pyridine rings is 1. The third kappa shape index (κ3) is 5.98. The topological polar surface area (TPSA) is 166 Å². The van der Waals surface area contributed by atoms with E-state index in [1.54, 1.807) is 28.5 Å². The minimum Gasteiger partial charge on any atom is -0.503 e. The molecule has 2 aromatic rings. The monoisotopic (exact) mass is 605 g/mol. The molecule has 0 saturated heterocycles. The average molecular weight is 606 g/mol. The van der Waals surface area contributed by atoms with Crippen molar-refractivity contribution in [3.8, 4) is 5.75 Å². The van der Waals surface area contributed by atoms with E-state index in [2.05, 4.69) is 32.1 Å². The lowest BCUT2D eigenvalue weighted by Crippen LogP contribution is -2.46. The summed E-state index contributed by atoms with van der Waals surface area (Å²) in [4.78, 5) is 63.6. The minimum atomic E-state index is -0.726. The number of amides is 4. The smallest absolute Gasteiger partial charge is 0.368 e. The van der Waals surface area contributed by atoms with Crippen LogP contribution in [-0.4, -0.2) is 84.0 Å². The molecule has 2 aromatic heterocycles. The van der Waals surface area contributed by atoms with Crippen molar-refractivity contribution in [3.05, 3.63) is 76.0 Å². The van der Waals surface area contributed by atoms with Gasteiger partial charge >= 0.3 is 6.03 Å². The number of halogens is 1. The molecular weight excluding hydrogens is 573 g/mol. The molecule has 0 radical (unpaired) electrons. The van der Waals surface area contributed by atoms with Gasteiger partial charge in [0.15, 0.2) is 35.1 Å². The normalized spacial score (nSPS) is 17.1. The molecule has 0 aromatic carbocycles. The van der Waals surface area contributed by atoms with Crippen LogP contribution >= 0.6 is 0 Å². The van der Waals surface area contributed by atoms with E-state index in [4.69, 9.17) is 0 Å². The van der Waals surface area contributed by atoms with Crippen LogP contribution in [0.5, 0.6) is 5.75 Å². The van der Waals surface area contributed by atoms with Crippen LogP contribution in [0.1, 0.15) is 49.2 Å². The Kier molecular flexibility index (Phi) is 8.38. The number of aromatic nitrogens is 3. The molecule has 0 aliphatic carbocycles. The fourth-order valence-corrected chi connectivity index (χ4v) is 5.16. The Morgan fingerprint density at radius 2 is 2.05 bits per heavy atom. The van der Waals surface area contributed by atoms with Gasteiger partial charge in [-0.25, -0.2) is 19.2 Å². The van der Waals surface area contributed by atoms with Crippen LogP contribution in [-0.2, 0) is 17.9 Å². The summed E-state index contributed by atoms with van der Waals surface area (Å²) >= 11 is 0. The zero-order valence-electron chi connectivity index (χ0n) is 24.5. The number of fused-ring (bicyclic) bond motifs is 2. The van der Waals surface area contributed by atoms with Crippen molar-refractivity contribution >= 4 is 29.2 Å². The van der Waals surface area contributed by atoms with Crippen molar-refractivity contribution in [2.45, 2.75) is 52.5 Å². The quantitative estimate of drug-likeness (QED) is 0.390. The molecule has 5 heterocycles. The van der Waals surface area contributed by atoms with Gasteiger partial charge in [0, 0.05) is 62.2 Å². The molecule has 2 N–H and O–H groups in total. The fourth-order valence-electron chi connectivity index (χ4n) is 5.16. The van der Waals surface area contributed by atoms with Gasteiger partial charge in [-0.2, -0.15) is 5.11 Å². The van der Waals surface area contributed by atoms with E-state index in [0.717, 1.165) is 6.20 Å². The minimum absolute atomic E-state index is 0.00946. The van der Waals surface area contributed by atoms with Crippen molar-refractivity contribution in [2.24, 2.45) is 10.2 Å². The van der Waals surface area contributed by atoms with Gasteiger partial charge in [-0.1, -0.05) is 17.3 Å². The number of rotatable bonds is 10. The fraction of sp³-hybridized carbons (Fsp3) is 0.379. The number of allylic oxidation sites excluding steroid dienone is 2. The van der Waals surface area contributed by atoms with Crippen molar-refractivity contribution in [1.29, 1.82) is 0 Å². The number of hydrogen-bond acceptors (Lipinski definition) is 9. The van der Waals surface area contributed by atoms with Gasteiger partial charge in [-0.15, -0.1) is 0 Å². The summed E-state index contributed by atoms with van der Waals surface area (Å²) in [6.45, 7) is 10.3. The maximum Gasteiger partial charge on any atom is 0.368 e. The summed E-state index contributed by atoms with van der Waals surface area (Å²) in [7, 11) is 0. The number of hydrogen-bond donors (Lipinski definition) is 2. The molecule has 230 valence electrons. The number of nitrogens with one attached hydrogen (secondary N) is 1. The summed E-state index contributed by atoms with van der Waals surface area (Å²) < 4.78 is 16.2. The first kappa shape index (κ1) is 30.3. The van der Waals surface area contributed by atoms with Crippen LogP contribution < -0.4 is 10.7 Å². The van der Waals surface area contributed by atoms with Gasteiger partial charge < -0.3 is 24.8 Å². The highest BCUT2D eigenvalue weighted by atomic mass is 19.1. The van der Waals surface area contributed by atoms with Crippen molar-refractivity contribution in [1.82, 2.24) is 29.2 Å². The standard InChI is InChI=1S/C29H32FN9O5/c1-16(2)13-36(15-19-11-21(40)25(42)24-28(43)37(17(3)4)9-10-38(19)24)23(41)7-8-31-27-20(30)12-32-26(33-27)18-5-6-22-34-35-29(44)39(22)14-18/h5-6,11-12,14,17,22,42H,1,7-10,13,15H2,2-4H3,(H,31,32,33). The van der Waals surface area contributed by atoms with Crippen molar-refractivity contribution in [2.75, 3.05) is 25.0 Å². The van der Waals surface area contributed by atoms with Gasteiger partial charge in [0.05, 0.1) is 12.7 Å². The van der Waals surface area contributed by atoms with E-state index in [1.807, 2.05) is 13.8 Å². The lowest BCUT2D eigenvalue weighted by molar-refractivity contribution is -0.131. The van der Waals surface area contributed by atoms with Gasteiger partial charge in [0.2, 0.25) is 11.3 Å². The molecule has 0 fully saturated rings. The predicted molar refractivity (Wildman–Crippen MR) is 157 cm³/mol. The van der Waals surface area contributed by atoms with E-state index in [1.165, 1.54) is 22.1 Å². The highest BCUT2D eigenvalue weighted by Gasteiger charge is 2.32. The first-order valence-electron chi connectivity index (χ1n) is 14.0. The number of urea groups is 1. The summed E-state index contributed by atoms with van der Waals surface area (Å²) in [5.74, 6) is -2.08. The maximum absolute atomic E-state index is 14.6. The van der Waals surface area contributed by atoms with E-state index >= 15 is 0 Å². The van der Waals surface area contributed by atoms with Gasteiger partial charge in [-0.05, 0) is 32.9 Å². The molecule has 14 nitrogen and oxygen atoms in total. The Hall–Kier alpha value is -5.21. The molecule has 1 atom stereocenters.